The minimum atomic E-state index is 0.0802. The average Bonchev–Trinajstić information content (AvgIpc) is 2.88. The average molecular weight is 244 g/mol. The highest BCUT2D eigenvalue weighted by Gasteiger charge is 2.22. The molecule has 0 amide bonds. The molecule has 0 fully saturated rings. The van der Waals surface area contributed by atoms with Gasteiger partial charge in [-0.2, -0.15) is 5.10 Å². The minimum Gasteiger partial charge on any atom is -0.384 e. The quantitative estimate of drug-likeness (QED) is 0.899. The maximum Gasteiger partial charge on any atom is 0.123 e. The fraction of sp³-hybridized carbons (Fsp3) is 0.429. The van der Waals surface area contributed by atoms with Gasteiger partial charge < -0.3 is 5.73 Å². The molecule has 0 atom stereocenters. The highest BCUT2D eigenvalue weighted by atomic mass is 15.3. The van der Waals surface area contributed by atoms with E-state index in [4.69, 9.17) is 5.73 Å². The van der Waals surface area contributed by atoms with E-state index in [0.717, 1.165) is 24.0 Å². The predicted molar refractivity (Wildman–Crippen MR) is 74.1 cm³/mol. The molecule has 2 aromatic heterocycles. The summed E-state index contributed by atoms with van der Waals surface area (Å²) >= 11 is 0. The van der Waals surface area contributed by atoms with E-state index in [2.05, 4.69) is 41.7 Å². The van der Waals surface area contributed by atoms with Crippen LogP contribution in [0.3, 0.4) is 0 Å². The van der Waals surface area contributed by atoms with Crippen LogP contribution in [0.1, 0.15) is 33.6 Å². The minimum absolute atomic E-state index is 0.0802. The van der Waals surface area contributed by atoms with Crippen LogP contribution >= 0.6 is 0 Å². The number of anilines is 1. The Hall–Kier alpha value is -1.84. The third-order valence-electron chi connectivity index (χ3n) is 3.77. The third-order valence-corrected chi connectivity index (χ3v) is 3.77. The van der Waals surface area contributed by atoms with Crippen molar-refractivity contribution in [3.8, 4) is 11.1 Å². The predicted octanol–water partition coefficient (Wildman–Crippen LogP) is 3.06. The maximum absolute atomic E-state index is 5.70. The number of nitrogens with zero attached hydrogens (tertiary/aromatic N) is 3. The number of hydrogen-bond donors (Lipinski definition) is 1. The number of hydrogen-bond acceptors (Lipinski definition) is 3. The van der Waals surface area contributed by atoms with Gasteiger partial charge in [0.05, 0.1) is 11.7 Å². The van der Waals surface area contributed by atoms with Gasteiger partial charge in [-0.3, -0.25) is 4.68 Å². The second-order valence-electron chi connectivity index (χ2n) is 4.85. The first kappa shape index (κ1) is 12.6. The van der Waals surface area contributed by atoms with Crippen LogP contribution in [0.5, 0.6) is 0 Å². The van der Waals surface area contributed by atoms with Crippen molar-refractivity contribution in [2.45, 2.75) is 39.2 Å². The van der Waals surface area contributed by atoms with E-state index in [9.17, 15) is 0 Å². The van der Waals surface area contributed by atoms with Crippen LogP contribution in [0.25, 0.3) is 11.1 Å². The molecule has 2 heterocycles. The Morgan fingerprint density at radius 2 is 2.00 bits per heavy atom. The number of nitrogen functional groups attached to an aromatic ring is 1. The smallest absolute Gasteiger partial charge is 0.123 e. The van der Waals surface area contributed by atoms with Crippen LogP contribution in [0.4, 0.5) is 5.82 Å². The first-order valence-corrected chi connectivity index (χ1v) is 6.36. The van der Waals surface area contributed by atoms with Crippen LogP contribution in [0, 0.1) is 0 Å². The largest absolute Gasteiger partial charge is 0.384 e. The zero-order valence-corrected chi connectivity index (χ0v) is 11.2. The summed E-state index contributed by atoms with van der Waals surface area (Å²) in [5.74, 6) is 0.536. The van der Waals surface area contributed by atoms with E-state index in [1.807, 2.05) is 18.3 Å². The normalized spacial score (nSPS) is 11.7. The van der Waals surface area contributed by atoms with Crippen LogP contribution in [-0.4, -0.2) is 14.8 Å². The molecule has 0 aromatic carbocycles. The molecule has 0 radical (unpaired) electrons. The Balaban J connectivity index is 2.36. The van der Waals surface area contributed by atoms with Gasteiger partial charge in [0.1, 0.15) is 5.82 Å². The van der Waals surface area contributed by atoms with Crippen LogP contribution in [0.2, 0.25) is 0 Å². The molecule has 0 saturated carbocycles. The van der Waals surface area contributed by atoms with Gasteiger partial charge in [0.2, 0.25) is 0 Å². The fourth-order valence-corrected chi connectivity index (χ4v) is 1.97. The zero-order chi connectivity index (χ0) is 13.2. The zero-order valence-electron chi connectivity index (χ0n) is 11.2. The Morgan fingerprint density at radius 3 is 2.61 bits per heavy atom. The van der Waals surface area contributed by atoms with Gasteiger partial charge >= 0.3 is 0 Å². The summed E-state index contributed by atoms with van der Waals surface area (Å²) in [6.45, 7) is 6.61. The molecule has 96 valence electrons. The molecule has 4 heteroatoms. The van der Waals surface area contributed by atoms with E-state index in [1.54, 1.807) is 6.20 Å². The van der Waals surface area contributed by atoms with Crippen molar-refractivity contribution in [3.63, 3.8) is 0 Å². The molecule has 0 aliphatic carbocycles. The lowest BCUT2D eigenvalue weighted by molar-refractivity contribution is 0.265. The summed E-state index contributed by atoms with van der Waals surface area (Å²) < 4.78 is 2.05. The Kier molecular flexibility index (Phi) is 3.36. The molecule has 0 bridgehead atoms. The van der Waals surface area contributed by atoms with E-state index in [-0.39, 0.29) is 5.54 Å². The van der Waals surface area contributed by atoms with Crippen molar-refractivity contribution in [2.24, 2.45) is 0 Å². The monoisotopic (exact) mass is 244 g/mol. The molecule has 0 unspecified atom stereocenters. The van der Waals surface area contributed by atoms with E-state index in [0.29, 0.717) is 5.82 Å². The molecular weight excluding hydrogens is 224 g/mol. The third kappa shape index (κ3) is 2.23. The highest BCUT2D eigenvalue weighted by Crippen LogP contribution is 2.27. The number of rotatable bonds is 4. The maximum atomic E-state index is 5.70. The summed E-state index contributed by atoms with van der Waals surface area (Å²) in [6.07, 6.45) is 7.81. The van der Waals surface area contributed by atoms with Gasteiger partial charge in [-0.05, 0) is 37.5 Å². The second-order valence-corrected chi connectivity index (χ2v) is 4.85. The van der Waals surface area contributed by atoms with Crippen molar-refractivity contribution < 1.29 is 0 Å². The van der Waals surface area contributed by atoms with E-state index in [1.165, 1.54) is 0 Å². The molecule has 0 saturated heterocycles. The van der Waals surface area contributed by atoms with E-state index >= 15 is 0 Å². The molecule has 18 heavy (non-hydrogen) atoms. The highest BCUT2D eigenvalue weighted by molar-refractivity contribution is 5.64. The Labute approximate surface area is 108 Å². The van der Waals surface area contributed by atoms with Gasteiger partial charge in [-0.15, -0.1) is 0 Å². The standard InChI is InChI=1S/C14H20N4/c1-4-14(3,5-2)18-10-12(9-17-18)11-6-7-16-13(15)8-11/h6-10H,4-5H2,1-3H3,(H2,15,16). The van der Waals surface area contributed by atoms with E-state index < -0.39 is 0 Å². The summed E-state index contributed by atoms with van der Waals surface area (Å²) in [7, 11) is 0. The fourth-order valence-electron chi connectivity index (χ4n) is 1.97. The van der Waals surface area contributed by atoms with Gasteiger partial charge in [-0.25, -0.2) is 4.98 Å². The molecule has 4 nitrogen and oxygen atoms in total. The molecule has 0 aliphatic heterocycles. The lowest BCUT2D eigenvalue weighted by Gasteiger charge is -2.27. The van der Waals surface area contributed by atoms with Crippen LogP contribution in [-0.2, 0) is 5.54 Å². The summed E-state index contributed by atoms with van der Waals surface area (Å²) in [6, 6.07) is 3.82. The molecule has 2 N–H and O–H groups in total. The molecule has 2 rings (SSSR count). The van der Waals surface area contributed by atoms with Crippen molar-refractivity contribution in [1.29, 1.82) is 0 Å². The SMILES string of the molecule is CCC(C)(CC)n1cc(-c2ccnc(N)c2)cn1. The molecule has 2 aromatic rings. The first-order chi connectivity index (χ1) is 8.59. The first-order valence-electron chi connectivity index (χ1n) is 6.36. The van der Waals surface area contributed by atoms with Gasteiger partial charge in [0.15, 0.2) is 0 Å². The second kappa shape index (κ2) is 4.80. The van der Waals surface area contributed by atoms with Crippen LogP contribution in [0.15, 0.2) is 30.7 Å². The Bertz CT molecular complexity index is 526. The van der Waals surface area contributed by atoms with Crippen molar-refractivity contribution in [2.75, 3.05) is 5.73 Å². The molecule has 0 spiro atoms. The number of aromatic nitrogens is 3. The summed E-state index contributed by atoms with van der Waals surface area (Å²) in [5.41, 5.74) is 7.92. The topological polar surface area (TPSA) is 56.7 Å². The molecular formula is C14H20N4. The van der Waals surface area contributed by atoms with Crippen molar-refractivity contribution >= 4 is 5.82 Å². The van der Waals surface area contributed by atoms with Crippen LogP contribution < -0.4 is 5.73 Å². The summed E-state index contributed by atoms with van der Waals surface area (Å²) in [5, 5.41) is 4.49. The Morgan fingerprint density at radius 1 is 1.28 bits per heavy atom. The molecule has 0 aliphatic rings. The van der Waals surface area contributed by atoms with Crippen molar-refractivity contribution in [1.82, 2.24) is 14.8 Å². The van der Waals surface area contributed by atoms with Gasteiger partial charge in [0.25, 0.3) is 0 Å². The van der Waals surface area contributed by atoms with Crippen molar-refractivity contribution in [3.05, 3.63) is 30.7 Å². The lowest BCUT2D eigenvalue weighted by atomic mass is 9.96. The summed E-state index contributed by atoms with van der Waals surface area (Å²) in [4.78, 5) is 4.00. The number of pyridine rings is 1. The van der Waals surface area contributed by atoms with Gasteiger partial charge in [-0.1, -0.05) is 13.8 Å². The van der Waals surface area contributed by atoms with Gasteiger partial charge in [0, 0.05) is 18.0 Å². The number of nitrogens with two attached hydrogens (primary N) is 1. The lowest BCUT2D eigenvalue weighted by Crippen LogP contribution is -2.28.